The van der Waals surface area contributed by atoms with Gasteiger partial charge in [0.1, 0.15) is 5.82 Å². The van der Waals surface area contributed by atoms with Gasteiger partial charge >= 0.3 is 0 Å². The molecule has 1 aliphatic rings. The van der Waals surface area contributed by atoms with Crippen LogP contribution in [0.1, 0.15) is 24.6 Å². The Morgan fingerprint density at radius 2 is 2.35 bits per heavy atom. The molecule has 3 nitrogen and oxygen atoms in total. The van der Waals surface area contributed by atoms with Crippen molar-refractivity contribution in [2.24, 2.45) is 0 Å². The quantitative estimate of drug-likeness (QED) is 0.884. The lowest BCUT2D eigenvalue weighted by Gasteiger charge is -2.21. The molecule has 0 radical (unpaired) electrons. The minimum atomic E-state index is 0.476. The van der Waals surface area contributed by atoms with Gasteiger partial charge in [0, 0.05) is 18.7 Å². The van der Waals surface area contributed by atoms with Gasteiger partial charge in [0.2, 0.25) is 0 Å². The number of hydrogen-bond acceptors (Lipinski definition) is 4. The van der Waals surface area contributed by atoms with Crippen LogP contribution in [-0.2, 0) is 0 Å². The lowest BCUT2D eigenvalue weighted by molar-refractivity contribution is 0.447. The second-order valence-corrected chi connectivity index (χ2v) is 5.27. The van der Waals surface area contributed by atoms with Crippen molar-refractivity contribution in [1.29, 1.82) is 0 Å². The molecule has 0 spiro atoms. The van der Waals surface area contributed by atoms with Crippen molar-refractivity contribution >= 4 is 11.3 Å². The van der Waals surface area contributed by atoms with E-state index in [1.807, 2.05) is 12.3 Å². The first kappa shape index (κ1) is 10.9. The van der Waals surface area contributed by atoms with Crippen LogP contribution >= 0.6 is 11.3 Å². The fraction of sp³-hybridized carbons (Fsp3) is 0.385. The molecule has 0 saturated carbocycles. The summed E-state index contributed by atoms with van der Waals surface area (Å²) >= 11 is 1.73. The summed E-state index contributed by atoms with van der Waals surface area (Å²) in [5, 5.41) is 5.49. The molecule has 1 unspecified atom stereocenters. The zero-order valence-electron chi connectivity index (χ0n) is 9.60. The number of hydrogen-bond donors (Lipinski definition) is 1. The molecular formula is C13H15N3S. The van der Waals surface area contributed by atoms with Gasteiger partial charge in [-0.2, -0.15) is 0 Å². The lowest BCUT2D eigenvalue weighted by Crippen LogP contribution is -2.29. The van der Waals surface area contributed by atoms with Gasteiger partial charge in [0.05, 0.1) is 10.6 Å². The van der Waals surface area contributed by atoms with E-state index >= 15 is 0 Å². The van der Waals surface area contributed by atoms with Crippen molar-refractivity contribution in [3.05, 3.63) is 35.6 Å². The van der Waals surface area contributed by atoms with E-state index in [1.54, 1.807) is 11.3 Å². The third-order valence-corrected chi connectivity index (χ3v) is 4.00. The average Bonchev–Trinajstić information content (AvgIpc) is 2.94. The van der Waals surface area contributed by atoms with Crippen LogP contribution in [0, 0.1) is 0 Å². The molecule has 2 aromatic rings. The van der Waals surface area contributed by atoms with Crippen molar-refractivity contribution in [3.8, 4) is 10.6 Å². The zero-order chi connectivity index (χ0) is 11.5. The first-order chi connectivity index (χ1) is 8.43. The normalized spacial score (nSPS) is 20.4. The van der Waals surface area contributed by atoms with E-state index in [0.717, 1.165) is 24.6 Å². The Labute approximate surface area is 105 Å². The summed E-state index contributed by atoms with van der Waals surface area (Å²) in [5.74, 6) is 1.46. The number of nitrogens with zero attached hydrogens (tertiary/aromatic N) is 2. The van der Waals surface area contributed by atoms with Crippen LogP contribution in [0.4, 0.5) is 0 Å². The van der Waals surface area contributed by atoms with E-state index in [4.69, 9.17) is 4.98 Å². The average molecular weight is 245 g/mol. The molecule has 1 N–H and O–H groups in total. The third kappa shape index (κ3) is 2.37. The fourth-order valence-corrected chi connectivity index (χ4v) is 2.90. The Hall–Kier alpha value is -1.26. The monoisotopic (exact) mass is 245 g/mol. The highest BCUT2D eigenvalue weighted by Crippen LogP contribution is 2.25. The number of nitrogens with one attached hydrogen (secondary N) is 1. The molecule has 3 rings (SSSR count). The highest BCUT2D eigenvalue weighted by Gasteiger charge is 2.18. The highest BCUT2D eigenvalue weighted by atomic mass is 32.1. The number of aromatic nitrogens is 2. The van der Waals surface area contributed by atoms with Gasteiger partial charge in [-0.25, -0.2) is 9.97 Å². The Kier molecular flexibility index (Phi) is 3.16. The first-order valence-corrected chi connectivity index (χ1v) is 6.89. The summed E-state index contributed by atoms with van der Waals surface area (Å²) in [6, 6.07) is 6.16. The van der Waals surface area contributed by atoms with E-state index in [2.05, 4.69) is 27.8 Å². The van der Waals surface area contributed by atoms with Gasteiger partial charge in [0.25, 0.3) is 0 Å². The zero-order valence-corrected chi connectivity index (χ0v) is 10.4. The van der Waals surface area contributed by atoms with Gasteiger partial charge < -0.3 is 5.32 Å². The van der Waals surface area contributed by atoms with Crippen LogP contribution < -0.4 is 5.32 Å². The minimum absolute atomic E-state index is 0.476. The fourth-order valence-electron chi connectivity index (χ4n) is 2.20. The van der Waals surface area contributed by atoms with Crippen LogP contribution in [0.3, 0.4) is 0 Å². The summed E-state index contributed by atoms with van der Waals surface area (Å²) in [6.07, 6.45) is 4.30. The standard InChI is InChI=1S/C13H15N3S/c1-3-10(9-14-6-1)13-15-7-5-11(16-13)12-4-2-8-17-12/h2,4-5,7-8,10,14H,1,3,6,9H2. The van der Waals surface area contributed by atoms with Crippen molar-refractivity contribution in [2.75, 3.05) is 13.1 Å². The second-order valence-electron chi connectivity index (χ2n) is 4.32. The van der Waals surface area contributed by atoms with E-state index in [0.29, 0.717) is 5.92 Å². The largest absolute Gasteiger partial charge is 0.316 e. The maximum atomic E-state index is 4.70. The van der Waals surface area contributed by atoms with Crippen LogP contribution in [-0.4, -0.2) is 23.1 Å². The van der Waals surface area contributed by atoms with Crippen LogP contribution in [0.15, 0.2) is 29.8 Å². The molecule has 0 amide bonds. The molecule has 3 heterocycles. The van der Waals surface area contributed by atoms with Crippen LogP contribution in [0.25, 0.3) is 10.6 Å². The highest BCUT2D eigenvalue weighted by molar-refractivity contribution is 7.13. The molecule has 0 aromatic carbocycles. The molecule has 1 saturated heterocycles. The predicted molar refractivity (Wildman–Crippen MR) is 70.2 cm³/mol. The summed E-state index contributed by atoms with van der Waals surface area (Å²) in [7, 11) is 0. The summed E-state index contributed by atoms with van der Waals surface area (Å²) < 4.78 is 0. The van der Waals surface area contributed by atoms with Gasteiger partial charge in [-0.3, -0.25) is 0 Å². The van der Waals surface area contributed by atoms with Gasteiger partial charge in [-0.15, -0.1) is 11.3 Å². The maximum absolute atomic E-state index is 4.70. The minimum Gasteiger partial charge on any atom is -0.316 e. The van der Waals surface area contributed by atoms with Crippen molar-refractivity contribution in [2.45, 2.75) is 18.8 Å². The van der Waals surface area contributed by atoms with E-state index < -0.39 is 0 Å². The third-order valence-electron chi connectivity index (χ3n) is 3.11. The maximum Gasteiger partial charge on any atom is 0.133 e. The molecular weight excluding hydrogens is 230 g/mol. The number of thiophene rings is 1. The molecule has 1 atom stereocenters. The van der Waals surface area contributed by atoms with E-state index in [9.17, 15) is 0 Å². The lowest BCUT2D eigenvalue weighted by atomic mass is 9.99. The molecule has 0 aliphatic carbocycles. The van der Waals surface area contributed by atoms with Crippen molar-refractivity contribution < 1.29 is 0 Å². The smallest absolute Gasteiger partial charge is 0.133 e. The second kappa shape index (κ2) is 4.94. The topological polar surface area (TPSA) is 37.8 Å². The van der Waals surface area contributed by atoms with Crippen LogP contribution in [0.5, 0.6) is 0 Å². The molecule has 4 heteroatoms. The van der Waals surface area contributed by atoms with Crippen molar-refractivity contribution in [1.82, 2.24) is 15.3 Å². The summed E-state index contributed by atoms with van der Waals surface area (Å²) in [4.78, 5) is 10.3. The Morgan fingerprint density at radius 3 is 3.12 bits per heavy atom. The Balaban J connectivity index is 1.88. The van der Waals surface area contributed by atoms with Crippen molar-refractivity contribution in [3.63, 3.8) is 0 Å². The predicted octanol–water partition coefficient (Wildman–Crippen LogP) is 2.67. The Bertz CT molecular complexity index is 475. The number of rotatable bonds is 2. The molecule has 1 aliphatic heterocycles. The summed E-state index contributed by atoms with van der Waals surface area (Å²) in [5.41, 5.74) is 1.05. The van der Waals surface area contributed by atoms with Gasteiger partial charge in [-0.1, -0.05) is 6.07 Å². The van der Waals surface area contributed by atoms with E-state index in [-0.39, 0.29) is 0 Å². The van der Waals surface area contributed by atoms with Crippen LogP contribution in [0.2, 0.25) is 0 Å². The molecule has 2 aromatic heterocycles. The molecule has 0 bridgehead atoms. The van der Waals surface area contributed by atoms with E-state index in [1.165, 1.54) is 17.7 Å². The Morgan fingerprint density at radius 1 is 1.35 bits per heavy atom. The SMILES string of the molecule is c1csc(-c2ccnc(C3CCCNC3)n2)c1. The molecule has 1 fully saturated rings. The first-order valence-electron chi connectivity index (χ1n) is 6.01. The van der Waals surface area contributed by atoms with Gasteiger partial charge in [0.15, 0.2) is 0 Å². The molecule has 17 heavy (non-hydrogen) atoms. The summed E-state index contributed by atoms with van der Waals surface area (Å²) in [6.45, 7) is 2.13. The number of piperidine rings is 1. The molecule has 88 valence electrons. The van der Waals surface area contributed by atoms with Gasteiger partial charge in [-0.05, 0) is 36.9 Å².